The van der Waals surface area contributed by atoms with Crippen LogP contribution in [0.15, 0.2) is 54.6 Å². The van der Waals surface area contributed by atoms with Gasteiger partial charge in [0.25, 0.3) is 0 Å². The molecule has 3 heteroatoms. The Bertz CT molecular complexity index is 566. The summed E-state index contributed by atoms with van der Waals surface area (Å²) in [6.45, 7) is 0.620. The zero-order chi connectivity index (χ0) is 14.4. The Morgan fingerprint density at radius 3 is 2.40 bits per heavy atom. The van der Waals surface area contributed by atoms with Crippen molar-refractivity contribution < 1.29 is 9.53 Å². The van der Waals surface area contributed by atoms with Crippen molar-refractivity contribution >= 4 is 5.91 Å². The lowest BCUT2D eigenvalue weighted by Gasteiger charge is -2.18. The molecule has 0 aliphatic rings. The third-order valence-electron chi connectivity index (χ3n) is 3.22. The summed E-state index contributed by atoms with van der Waals surface area (Å²) in [7, 11) is 3.45. The van der Waals surface area contributed by atoms with Crippen molar-refractivity contribution in [1.29, 1.82) is 0 Å². The molecule has 1 amide bonds. The van der Waals surface area contributed by atoms with Gasteiger partial charge >= 0.3 is 0 Å². The van der Waals surface area contributed by atoms with Crippen LogP contribution in [-0.4, -0.2) is 25.0 Å². The molecule has 0 spiro atoms. The molecule has 0 aliphatic carbocycles. The third-order valence-corrected chi connectivity index (χ3v) is 3.22. The normalized spacial score (nSPS) is 10.1. The summed E-state index contributed by atoms with van der Waals surface area (Å²) in [6, 6.07) is 17.6. The fourth-order valence-electron chi connectivity index (χ4n) is 2.09. The highest BCUT2D eigenvalue weighted by Gasteiger charge is 2.12. The molecule has 0 fully saturated rings. The van der Waals surface area contributed by atoms with Crippen LogP contribution in [0.1, 0.15) is 11.1 Å². The minimum Gasteiger partial charge on any atom is -0.496 e. The minimum absolute atomic E-state index is 0.0818. The molecule has 0 aliphatic heterocycles. The molecular weight excluding hydrogens is 250 g/mol. The number of benzene rings is 2. The molecule has 0 unspecified atom stereocenters. The van der Waals surface area contributed by atoms with Gasteiger partial charge in [0.1, 0.15) is 5.75 Å². The maximum Gasteiger partial charge on any atom is 0.227 e. The maximum absolute atomic E-state index is 12.3. The molecular formula is C17H19NO2. The highest BCUT2D eigenvalue weighted by Crippen LogP contribution is 2.18. The Balaban J connectivity index is 2.01. The van der Waals surface area contributed by atoms with Crippen LogP contribution in [0, 0.1) is 0 Å². The Morgan fingerprint density at radius 1 is 1.05 bits per heavy atom. The minimum atomic E-state index is 0.0818. The van der Waals surface area contributed by atoms with E-state index in [0.29, 0.717) is 13.0 Å². The van der Waals surface area contributed by atoms with Crippen LogP contribution in [0.5, 0.6) is 5.75 Å². The highest BCUT2D eigenvalue weighted by atomic mass is 16.5. The summed E-state index contributed by atoms with van der Waals surface area (Å²) in [5.74, 6) is 0.840. The van der Waals surface area contributed by atoms with Crippen LogP contribution in [0.4, 0.5) is 0 Å². The highest BCUT2D eigenvalue weighted by molar-refractivity contribution is 5.79. The monoisotopic (exact) mass is 269 g/mol. The summed E-state index contributed by atoms with van der Waals surface area (Å²) in [5.41, 5.74) is 2.04. The maximum atomic E-state index is 12.3. The molecule has 0 N–H and O–H groups in total. The number of rotatable bonds is 5. The molecule has 3 nitrogen and oxygen atoms in total. The molecule has 0 heterocycles. The van der Waals surface area contributed by atoms with Gasteiger partial charge in [0.15, 0.2) is 0 Å². The number of nitrogens with zero attached hydrogens (tertiary/aromatic N) is 1. The molecule has 104 valence electrons. The first-order valence-electron chi connectivity index (χ1n) is 6.60. The van der Waals surface area contributed by atoms with Crippen molar-refractivity contribution in [1.82, 2.24) is 4.90 Å². The summed E-state index contributed by atoms with van der Waals surface area (Å²) in [6.07, 6.45) is 0.355. The van der Waals surface area contributed by atoms with E-state index in [2.05, 4.69) is 0 Å². The van der Waals surface area contributed by atoms with Crippen molar-refractivity contribution in [3.63, 3.8) is 0 Å². The Kier molecular flexibility index (Phi) is 4.77. The summed E-state index contributed by atoms with van der Waals surface area (Å²) in [5, 5.41) is 0. The smallest absolute Gasteiger partial charge is 0.227 e. The molecule has 20 heavy (non-hydrogen) atoms. The Hall–Kier alpha value is -2.29. The van der Waals surface area contributed by atoms with Gasteiger partial charge in [0, 0.05) is 19.2 Å². The molecule has 0 aromatic heterocycles. The first-order valence-corrected chi connectivity index (χ1v) is 6.60. The number of carbonyl (C=O) groups is 1. The molecule has 0 saturated heterocycles. The van der Waals surface area contributed by atoms with Gasteiger partial charge in [-0.2, -0.15) is 0 Å². The van der Waals surface area contributed by atoms with E-state index in [1.807, 2.05) is 61.6 Å². The lowest BCUT2D eigenvalue weighted by Crippen LogP contribution is -2.27. The van der Waals surface area contributed by atoms with Crippen molar-refractivity contribution in [2.75, 3.05) is 14.2 Å². The van der Waals surface area contributed by atoms with Crippen LogP contribution in [0.3, 0.4) is 0 Å². The average Bonchev–Trinajstić information content (AvgIpc) is 2.48. The third kappa shape index (κ3) is 3.60. The zero-order valence-electron chi connectivity index (χ0n) is 11.9. The second-order valence-electron chi connectivity index (χ2n) is 4.72. The molecule has 2 aromatic carbocycles. The van der Waals surface area contributed by atoms with Crippen molar-refractivity contribution in [2.45, 2.75) is 13.0 Å². The van der Waals surface area contributed by atoms with Crippen LogP contribution in [0.25, 0.3) is 0 Å². The number of carbonyl (C=O) groups excluding carboxylic acids is 1. The Morgan fingerprint density at radius 2 is 1.70 bits per heavy atom. The number of methoxy groups -OCH3 is 1. The van der Waals surface area contributed by atoms with E-state index in [1.54, 1.807) is 12.0 Å². The van der Waals surface area contributed by atoms with Gasteiger partial charge in [0.2, 0.25) is 5.91 Å². The van der Waals surface area contributed by atoms with E-state index in [0.717, 1.165) is 16.9 Å². The lowest BCUT2D eigenvalue weighted by molar-refractivity contribution is -0.129. The van der Waals surface area contributed by atoms with E-state index in [1.165, 1.54) is 0 Å². The molecule has 0 saturated carbocycles. The fourth-order valence-corrected chi connectivity index (χ4v) is 2.09. The number of likely N-dealkylation sites (N-methyl/N-ethyl adjacent to an activating group) is 1. The molecule has 0 bridgehead atoms. The quantitative estimate of drug-likeness (QED) is 0.835. The van der Waals surface area contributed by atoms with Crippen molar-refractivity contribution in [2.24, 2.45) is 0 Å². The largest absolute Gasteiger partial charge is 0.496 e. The van der Waals surface area contributed by atoms with Crippen LogP contribution in [0.2, 0.25) is 0 Å². The van der Waals surface area contributed by atoms with Gasteiger partial charge in [-0.15, -0.1) is 0 Å². The van der Waals surface area contributed by atoms with Gasteiger partial charge in [-0.25, -0.2) is 0 Å². The molecule has 0 radical (unpaired) electrons. The molecule has 2 aromatic rings. The van der Waals surface area contributed by atoms with Crippen LogP contribution in [-0.2, 0) is 17.8 Å². The predicted octanol–water partition coefficient (Wildman–Crippen LogP) is 2.90. The van der Waals surface area contributed by atoms with Gasteiger partial charge < -0.3 is 9.64 Å². The summed E-state index contributed by atoms with van der Waals surface area (Å²) in [4.78, 5) is 14.0. The lowest BCUT2D eigenvalue weighted by atomic mass is 10.1. The van der Waals surface area contributed by atoms with Gasteiger partial charge in [0.05, 0.1) is 13.5 Å². The topological polar surface area (TPSA) is 29.5 Å². The second-order valence-corrected chi connectivity index (χ2v) is 4.72. The number of hydrogen-bond donors (Lipinski definition) is 0. The number of para-hydroxylation sites is 1. The number of hydrogen-bond acceptors (Lipinski definition) is 2. The standard InChI is InChI=1S/C17H19NO2/c1-18(13-14-8-4-3-5-9-14)17(19)12-15-10-6-7-11-16(15)20-2/h3-11H,12-13H2,1-2H3. The fraction of sp³-hybridized carbons (Fsp3) is 0.235. The van der Waals surface area contributed by atoms with Gasteiger partial charge in [-0.05, 0) is 11.6 Å². The van der Waals surface area contributed by atoms with Crippen molar-refractivity contribution in [3.05, 3.63) is 65.7 Å². The second kappa shape index (κ2) is 6.75. The first kappa shape index (κ1) is 14.1. The average molecular weight is 269 g/mol. The first-order chi connectivity index (χ1) is 9.70. The van der Waals surface area contributed by atoms with E-state index in [4.69, 9.17) is 4.74 Å². The van der Waals surface area contributed by atoms with Gasteiger partial charge in [-0.1, -0.05) is 48.5 Å². The van der Waals surface area contributed by atoms with Gasteiger partial charge in [-0.3, -0.25) is 4.79 Å². The zero-order valence-corrected chi connectivity index (χ0v) is 11.9. The van der Waals surface area contributed by atoms with E-state index in [9.17, 15) is 4.79 Å². The molecule has 0 atom stereocenters. The van der Waals surface area contributed by atoms with E-state index in [-0.39, 0.29) is 5.91 Å². The van der Waals surface area contributed by atoms with Crippen LogP contribution >= 0.6 is 0 Å². The summed E-state index contributed by atoms with van der Waals surface area (Å²) < 4.78 is 5.27. The van der Waals surface area contributed by atoms with E-state index < -0.39 is 0 Å². The SMILES string of the molecule is COc1ccccc1CC(=O)N(C)Cc1ccccc1. The van der Waals surface area contributed by atoms with Crippen LogP contribution < -0.4 is 4.74 Å². The summed E-state index contributed by atoms with van der Waals surface area (Å²) >= 11 is 0. The predicted molar refractivity (Wildman–Crippen MR) is 79.6 cm³/mol. The Labute approximate surface area is 119 Å². The molecule has 2 rings (SSSR count). The number of amides is 1. The van der Waals surface area contributed by atoms with Crippen molar-refractivity contribution in [3.8, 4) is 5.75 Å². The van der Waals surface area contributed by atoms with E-state index >= 15 is 0 Å². The number of ether oxygens (including phenoxy) is 1.